The molecule has 0 saturated heterocycles. The molecule has 4 nitrogen and oxygen atoms in total. The number of hydrogen-bond donors (Lipinski definition) is 2. The van der Waals surface area contributed by atoms with E-state index in [0.29, 0.717) is 13.0 Å². The minimum atomic E-state index is -0.937. The molecule has 0 unspecified atom stereocenters. The van der Waals surface area contributed by atoms with Gasteiger partial charge in [-0.2, -0.15) is 0 Å². The van der Waals surface area contributed by atoms with E-state index in [4.69, 9.17) is 4.74 Å². The lowest BCUT2D eigenvalue weighted by Crippen LogP contribution is -2.04. The number of aromatic nitrogens is 1. The number of fused-ring (bicyclic) bond motifs is 2. The van der Waals surface area contributed by atoms with Crippen molar-refractivity contribution in [3.05, 3.63) is 102 Å². The van der Waals surface area contributed by atoms with E-state index in [1.54, 1.807) is 0 Å². The Kier molecular flexibility index (Phi) is 5.57. The van der Waals surface area contributed by atoms with Gasteiger partial charge in [0.15, 0.2) is 0 Å². The molecule has 4 heteroatoms. The molecule has 1 heterocycles. The van der Waals surface area contributed by atoms with Crippen molar-refractivity contribution in [3.63, 3.8) is 0 Å². The summed E-state index contributed by atoms with van der Waals surface area (Å²) in [6.45, 7) is 2.58. The van der Waals surface area contributed by atoms with Crippen molar-refractivity contribution >= 4 is 27.6 Å². The van der Waals surface area contributed by atoms with Crippen molar-refractivity contribution < 1.29 is 14.6 Å². The summed E-state index contributed by atoms with van der Waals surface area (Å²) in [7, 11) is 0. The molecule has 5 aromatic rings. The van der Waals surface area contributed by atoms with Crippen LogP contribution in [0.5, 0.6) is 5.75 Å². The predicted molar refractivity (Wildman–Crippen MR) is 133 cm³/mol. The molecule has 4 aromatic carbocycles. The molecule has 0 fully saturated rings. The van der Waals surface area contributed by atoms with Gasteiger partial charge in [-0.1, -0.05) is 78.4 Å². The van der Waals surface area contributed by atoms with Crippen LogP contribution in [0, 0.1) is 6.92 Å². The number of nitrogens with one attached hydrogen (secondary N) is 1. The number of carboxylic acid groups (broad SMARTS) is 1. The Labute approximate surface area is 192 Å². The zero-order chi connectivity index (χ0) is 22.8. The van der Waals surface area contributed by atoms with E-state index in [0.717, 1.165) is 50.5 Å². The average Bonchev–Trinajstić information content (AvgIpc) is 3.20. The second-order valence-electron chi connectivity index (χ2n) is 8.34. The number of ether oxygens (including phenoxy) is 1. The molecular weight excluding hydrogens is 410 g/mol. The van der Waals surface area contributed by atoms with Gasteiger partial charge >= 0.3 is 5.97 Å². The number of carboxylic acids is 1. The summed E-state index contributed by atoms with van der Waals surface area (Å²) in [5.74, 6) is -0.0819. The predicted octanol–water partition coefficient (Wildman–Crippen LogP) is 7.01. The molecule has 1 aromatic heterocycles. The molecule has 2 N–H and O–H groups in total. The first kappa shape index (κ1) is 20.8. The fraction of sp³-hybridized carbons (Fsp3) is 0.138. The van der Waals surface area contributed by atoms with E-state index >= 15 is 0 Å². The minimum absolute atomic E-state index is 0.261. The minimum Gasteiger partial charge on any atom is -0.493 e. The molecular formula is C29H25NO3. The highest BCUT2D eigenvalue weighted by Gasteiger charge is 2.17. The Morgan fingerprint density at radius 3 is 2.52 bits per heavy atom. The maximum Gasteiger partial charge on any atom is 0.352 e. The molecule has 164 valence electrons. The standard InChI is InChI=1S/C29H25NO3/c1-19-7-4-10-21(17-19)22-14-15-24-25(28(29(31)32)30-26(24)18-22)12-6-16-33-27-13-5-9-20-8-2-3-11-23(20)27/h2-5,7-11,13-15,17-18,30H,6,12,16H2,1H3,(H,31,32). The zero-order valence-corrected chi connectivity index (χ0v) is 18.5. The normalized spacial score (nSPS) is 11.2. The molecule has 5 rings (SSSR count). The van der Waals surface area contributed by atoms with Crippen LogP contribution in [-0.4, -0.2) is 22.7 Å². The summed E-state index contributed by atoms with van der Waals surface area (Å²) in [5.41, 5.74) is 5.31. The number of aromatic amines is 1. The fourth-order valence-corrected chi connectivity index (χ4v) is 4.45. The molecule has 0 aliphatic carbocycles. The van der Waals surface area contributed by atoms with Gasteiger partial charge in [0.25, 0.3) is 0 Å². The van der Waals surface area contributed by atoms with Crippen molar-refractivity contribution in [1.29, 1.82) is 0 Å². The van der Waals surface area contributed by atoms with Crippen molar-refractivity contribution in [1.82, 2.24) is 4.98 Å². The van der Waals surface area contributed by atoms with Crippen LogP contribution in [0.4, 0.5) is 0 Å². The van der Waals surface area contributed by atoms with Gasteiger partial charge in [-0.3, -0.25) is 0 Å². The van der Waals surface area contributed by atoms with E-state index < -0.39 is 5.97 Å². The summed E-state index contributed by atoms with van der Waals surface area (Å²) in [6, 6.07) is 28.6. The Bertz CT molecular complexity index is 1460. The van der Waals surface area contributed by atoms with Crippen molar-refractivity contribution in [2.75, 3.05) is 6.61 Å². The molecule has 0 saturated carbocycles. The van der Waals surface area contributed by atoms with Gasteiger partial charge in [-0.05, 0) is 54.0 Å². The van der Waals surface area contributed by atoms with E-state index in [1.165, 1.54) is 5.56 Å². The first-order chi connectivity index (χ1) is 16.1. The number of H-pyrrole nitrogens is 1. The molecule has 0 aliphatic rings. The highest BCUT2D eigenvalue weighted by atomic mass is 16.5. The number of rotatable bonds is 7. The Morgan fingerprint density at radius 1 is 0.879 bits per heavy atom. The lowest BCUT2D eigenvalue weighted by atomic mass is 10.00. The second-order valence-corrected chi connectivity index (χ2v) is 8.34. The Morgan fingerprint density at radius 2 is 1.67 bits per heavy atom. The Balaban J connectivity index is 1.37. The fourth-order valence-electron chi connectivity index (χ4n) is 4.45. The Hall–Kier alpha value is -4.05. The van der Waals surface area contributed by atoms with Crippen LogP contribution in [0.25, 0.3) is 32.8 Å². The number of hydrogen-bond acceptors (Lipinski definition) is 2. The maximum absolute atomic E-state index is 11.9. The largest absolute Gasteiger partial charge is 0.493 e. The first-order valence-corrected chi connectivity index (χ1v) is 11.2. The topological polar surface area (TPSA) is 62.3 Å². The number of aromatic carboxylic acids is 1. The van der Waals surface area contributed by atoms with E-state index in [2.05, 4.69) is 54.4 Å². The van der Waals surface area contributed by atoms with Gasteiger partial charge < -0.3 is 14.8 Å². The van der Waals surface area contributed by atoms with Crippen molar-refractivity contribution in [3.8, 4) is 16.9 Å². The monoisotopic (exact) mass is 435 g/mol. The maximum atomic E-state index is 11.9. The highest BCUT2D eigenvalue weighted by molar-refractivity contribution is 5.98. The third-order valence-corrected chi connectivity index (χ3v) is 6.05. The first-order valence-electron chi connectivity index (χ1n) is 11.2. The summed E-state index contributed by atoms with van der Waals surface area (Å²) in [6.07, 6.45) is 1.34. The van der Waals surface area contributed by atoms with E-state index in [9.17, 15) is 9.90 Å². The van der Waals surface area contributed by atoms with Crippen LogP contribution < -0.4 is 4.74 Å². The van der Waals surface area contributed by atoms with Gasteiger partial charge in [-0.25, -0.2) is 4.79 Å². The lowest BCUT2D eigenvalue weighted by molar-refractivity contribution is 0.0690. The zero-order valence-electron chi connectivity index (χ0n) is 18.5. The van der Waals surface area contributed by atoms with Gasteiger partial charge in [0.2, 0.25) is 0 Å². The quantitative estimate of drug-likeness (QED) is 0.270. The van der Waals surface area contributed by atoms with Gasteiger partial charge in [0.05, 0.1) is 6.61 Å². The molecule has 0 radical (unpaired) electrons. The van der Waals surface area contributed by atoms with Crippen LogP contribution in [0.3, 0.4) is 0 Å². The van der Waals surface area contributed by atoms with Crippen molar-refractivity contribution in [2.45, 2.75) is 19.8 Å². The molecule has 0 bridgehead atoms. The van der Waals surface area contributed by atoms with Crippen LogP contribution in [0.15, 0.2) is 84.9 Å². The smallest absolute Gasteiger partial charge is 0.352 e. The van der Waals surface area contributed by atoms with E-state index in [1.807, 2.05) is 42.5 Å². The third kappa shape index (κ3) is 4.20. The van der Waals surface area contributed by atoms with Crippen molar-refractivity contribution in [2.24, 2.45) is 0 Å². The average molecular weight is 436 g/mol. The molecule has 0 aliphatic heterocycles. The van der Waals surface area contributed by atoms with Crippen LogP contribution in [-0.2, 0) is 6.42 Å². The summed E-state index contributed by atoms with van der Waals surface area (Å²) in [5, 5.41) is 13.0. The van der Waals surface area contributed by atoms with Gasteiger partial charge in [-0.15, -0.1) is 0 Å². The summed E-state index contributed by atoms with van der Waals surface area (Å²) < 4.78 is 6.06. The SMILES string of the molecule is Cc1cccc(-c2ccc3c(CCCOc4cccc5ccccc45)c(C(=O)O)[nH]c3c2)c1. The summed E-state index contributed by atoms with van der Waals surface area (Å²) >= 11 is 0. The van der Waals surface area contributed by atoms with Crippen LogP contribution in [0.2, 0.25) is 0 Å². The number of carbonyl (C=O) groups is 1. The molecule has 0 amide bonds. The lowest BCUT2D eigenvalue weighted by Gasteiger charge is -2.09. The van der Waals surface area contributed by atoms with Crippen LogP contribution >= 0.6 is 0 Å². The summed E-state index contributed by atoms with van der Waals surface area (Å²) in [4.78, 5) is 15.1. The molecule has 0 atom stereocenters. The third-order valence-electron chi connectivity index (χ3n) is 6.05. The van der Waals surface area contributed by atoms with Crippen LogP contribution in [0.1, 0.15) is 28.0 Å². The van der Waals surface area contributed by atoms with Gasteiger partial charge in [0, 0.05) is 16.3 Å². The molecule has 33 heavy (non-hydrogen) atoms. The van der Waals surface area contributed by atoms with E-state index in [-0.39, 0.29) is 5.69 Å². The van der Waals surface area contributed by atoms with Gasteiger partial charge in [0.1, 0.15) is 11.4 Å². The second kappa shape index (κ2) is 8.83. The highest BCUT2D eigenvalue weighted by Crippen LogP contribution is 2.30. The molecule has 0 spiro atoms. The number of benzene rings is 4. The number of aryl methyl sites for hydroxylation is 2.